The van der Waals surface area contributed by atoms with E-state index in [4.69, 9.17) is 4.42 Å². The predicted octanol–water partition coefficient (Wildman–Crippen LogP) is 8.57. The molecule has 0 amide bonds. The van der Waals surface area contributed by atoms with Gasteiger partial charge in [-0.25, -0.2) is 9.97 Å². The Labute approximate surface area is 222 Å². The van der Waals surface area contributed by atoms with E-state index in [-0.39, 0.29) is 0 Å². The fourth-order valence-corrected chi connectivity index (χ4v) is 6.27. The quantitative estimate of drug-likeness (QED) is 0.239. The summed E-state index contributed by atoms with van der Waals surface area (Å²) in [5, 5.41) is 6.72. The van der Waals surface area contributed by atoms with E-state index < -0.39 is 0 Å². The number of nitrogens with zero attached hydrogens (tertiary/aromatic N) is 4. The molecule has 0 N–H and O–H groups in total. The number of hydrogen-bond donors (Lipinski definition) is 0. The largest absolute Gasteiger partial charge is 0.455 e. The summed E-state index contributed by atoms with van der Waals surface area (Å²) in [4.78, 5) is 9.14. The Balaban J connectivity index is 1.47. The smallest absolute Gasteiger partial charge is 0.234 e. The van der Waals surface area contributed by atoms with Crippen LogP contribution in [0.4, 0.5) is 0 Å². The summed E-state index contributed by atoms with van der Waals surface area (Å²) in [5.41, 5.74) is 7.30. The molecule has 0 aliphatic rings. The van der Waals surface area contributed by atoms with Crippen LogP contribution < -0.4 is 0 Å². The van der Waals surface area contributed by atoms with Gasteiger partial charge in [-0.15, -0.1) is 0 Å². The van der Waals surface area contributed by atoms with Gasteiger partial charge in [0.25, 0.3) is 0 Å². The van der Waals surface area contributed by atoms with Gasteiger partial charge in [-0.05, 0) is 54.6 Å². The Morgan fingerprint density at radius 2 is 0.974 bits per heavy atom. The highest BCUT2D eigenvalue weighted by molar-refractivity contribution is 6.28. The molecule has 9 aromatic rings. The van der Waals surface area contributed by atoms with Crippen molar-refractivity contribution in [2.24, 2.45) is 0 Å². The molecule has 0 unspecified atom stereocenters. The van der Waals surface area contributed by atoms with Gasteiger partial charge in [-0.3, -0.25) is 4.57 Å². The zero-order chi connectivity index (χ0) is 25.5. The second-order valence-corrected chi connectivity index (χ2v) is 9.86. The van der Waals surface area contributed by atoms with Crippen LogP contribution in [-0.2, 0) is 0 Å². The molecule has 0 radical (unpaired) electrons. The molecule has 4 heterocycles. The van der Waals surface area contributed by atoms with Crippen LogP contribution in [0.25, 0.3) is 77.2 Å². The van der Waals surface area contributed by atoms with E-state index in [2.05, 4.69) is 122 Å². The van der Waals surface area contributed by atoms with E-state index in [9.17, 15) is 0 Å². The number of rotatable bonds is 2. The van der Waals surface area contributed by atoms with Crippen LogP contribution in [0.15, 0.2) is 126 Å². The third kappa shape index (κ3) is 2.68. The van der Waals surface area contributed by atoms with Crippen molar-refractivity contribution in [3.63, 3.8) is 0 Å². The Kier molecular flexibility index (Phi) is 3.99. The lowest BCUT2D eigenvalue weighted by molar-refractivity contribution is 0.677. The summed E-state index contributed by atoms with van der Waals surface area (Å²) in [7, 11) is 0. The van der Waals surface area contributed by atoms with E-state index in [0.717, 1.165) is 65.9 Å². The number of hydrogen-bond acceptors (Lipinski definition) is 3. The van der Waals surface area contributed by atoms with Crippen LogP contribution in [0.5, 0.6) is 0 Å². The van der Waals surface area contributed by atoms with E-state index in [0.29, 0.717) is 5.95 Å². The van der Waals surface area contributed by atoms with Gasteiger partial charge < -0.3 is 8.98 Å². The maximum atomic E-state index is 6.93. The molecule has 0 aliphatic heterocycles. The van der Waals surface area contributed by atoms with Crippen LogP contribution in [0.3, 0.4) is 0 Å². The molecule has 5 aromatic carbocycles. The highest BCUT2D eigenvalue weighted by Gasteiger charge is 2.22. The molecule has 39 heavy (non-hydrogen) atoms. The summed E-state index contributed by atoms with van der Waals surface area (Å²) in [5.74, 6) is 0.646. The Morgan fingerprint density at radius 1 is 0.436 bits per heavy atom. The third-order valence-corrected chi connectivity index (χ3v) is 7.84. The fourth-order valence-electron chi connectivity index (χ4n) is 6.27. The number of fused-ring (bicyclic) bond motifs is 11. The SMILES string of the molecule is c1ccc(-n2c3ccccc3c3c4oc5c(ccc6c5c5ccccc5n6-c5ncccn5)c4ccc32)cc1. The summed E-state index contributed by atoms with van der Waals surface area (Å²) in [6, 6.07) is 38.1. The highest BCUT2D eigenvalue weighted by Crippen LogP contribution is 2.44. The minimum absolute atomic E-state index is 0.646. The number of furan rings is 1. The Bertz CT molecular complexity index is 2210. The van der Waals surface area contributed by atoms with Gasteiger partial charge in [0.1, 0.15) is 11.2 Å². The highest BCUT2D eigenvalue weighted by atomic mass is 16.3. The van der Waals surface area contributed by atoms with Crippen molar-refractivity contribution >= 4 is 65.6 Å². The zero-order valence-corrected chi connectivity index (χ0v) is 20.7. The molecule has 0 atom stereocenters. The average molecular weight is 501 g/mol. The molecular weight excluding hydrogens is 480 g/mol. The van der Waals surface area contributed by atoms with Gasteiger partial charge in [0.15, 0.2) is 0 Å². The minimum Gasteiger partial charge on any atom is -0.455 e. The van der Waals surface area contributed by atoms with Crippen molar-refractivity contribution in [3.8, 4) is 11.6 Å². The fraction of sp³-hybridized carbons (Fsp3) is 0. The van der Waals surface area contributed by atoms with E-state index in [1.54, 1.807) is 12.4 Å². The Morgan fingerprint density at radius 3 is 1.62 bits per heavy atom. The molecule has 5 nitrogen and oxygen atoms in total. The Hall–Kier alpha value is -5.42. The van der Waals surface area contributed by atoms with Crippen molar-refractivity contribution in [2.75, 3.05) is 0 Å². The molecule has 0 saturated carbocycles. The number of aromatic nitrogens is 4. The zero-order valence-electron chi connectivity index (χ0n) is 20.7. The van der Waals surface area contributed by atoms with Crippen LogP contribution in [0.1, 0.15) is 0 Å². The molecule has 182 valence electrons. The second-order valence-electron chi connectivity index (χ2n) is 9.86. The lowest BCUT2D eigenvalue weighted by Crippen LogP contribution is -1.99. The number of para-hydroxylation sites is 3. The van der Waals surface area contributed by atoms with Crippen molar-refractivity contribution in [3.05, 3.63) is 122 Å². The molecule has 0 fully saturated rings. The molecule has 4 aromatic heterocycles. The average Bonchev–Trinajstić information content (AvgIpc) is 3.65. The first-order chi connectivity index (χ1) is 19.4. The van der Waals surface area contributed by atoms with E-state index in [1.807, 2.05) is 6.07 Å². The molecule has 9 rings (SSSR count). The molecule has 0 bridgehead atoms. The van der Waals surface area contributed by atoms with Gasteiger partial charge >= 0.3 is 0 Å². The van der Waals surface area contributed by atoms with E-state index >= 15 is 0 Å². The van der Waals surface area contributed by atoms with Gasteiger partial charge in [-0.2, -0.15) is 0 Å². The topological polar surface area (TPSA) is 48.8 Å². The van der Waals surface area contributed by atoms with Crippen LogP contribution in [0.2, 0.25) is 0 Å². The summed E-state index contributed by atoms with van der Waals surface area (Å²) < 4.78 is 11.4. The first kappa shape index (κ1) is 20.6. The third-order valence-electron chi connectivity index (χ3n) is 7.84. The van der Waals surface area contributed by atoms with Crippen molar-refractivity contribution in [1.82, 2.24) is 19.1 Å². The van der Waals surface area contributed by atoms with Crippen LogP contribution in [-0.4, -0.2) is 19.1 Å². The van der Waals surface area contributed by atoms with Crippen molar-refractivity contribution in [1.29, 1.82) is 0 Å². The second kappa shape index (κ2) is 7.55. The predicted molar refractivity (Wildman–Crippen MR) is 158 cm³/mol. The summed E-state index contributed by atoms with van der Waals surface area (Å²) in [6.07, 6.45) is 3.56. The van der Waals surface area contributed by atoms with Gasteiger partial charge in [-0.1, -0.05) is 54.6 Å². The monoisotopic (exact) mass is 500 g/mol. The molecule has 0 aliphatic carbocycles. The molecule has 0 saturated heterocycles. The van der Waals surface area contributed by atoms with Gasteiger partial charge in [0.05, 0.1) is 32.8 Å². The number of benzene rings is 5. The maximum absolute atomic E-state index is 6.93. The first-order valence-corrected chi connectivity index (χ1v) is 13.0. The van der Waals surface area contributed by atoms with Gasteiger partial charge in [0, 0.05) is 39.6 Å². The first-order valence-electron chi connectivity index (χ1n) is 13.0. The summed E-state index contributed by atoms with van der Waals surface area (Å²) >= 11 is 0. The maximum Gasteiger partial charge on any atom is 0.234 e. The van der Waals surface area contributed by atoms with Crippen molar-refractivity contribution in [2.45, 2.75) is 0 Å². The van der Waals surface area contributed by atoms with Crippen LogP contribution in [0, 0.1) is 0 Å². The van der Waals surface area contributed by atoms with E-state index in [1.165, 1.54) is 5.39 Å². The lowest BCUT2D eigenvalue weighted by Gasteiger charge is -2.07. The lowest BCUT2D eigenvalue weighted by atomic mass is 10.1. The molecule has 5 heteroatoms. The molecular formula is C34H20N4O. The van der Waals surface area contributed by atoms with Crippen LogP contribution >= 0.6 is 0 Å². The molecule has 0 spiro atoms. The van der Waals surface area contributed by atoms with Crippen molar-refractivity contribution < 1.29 is 4.42 Å². The standard InChI is InChI=1S/C34H20N4O/c1-2-9-21(10-3-1)37-26-13-6-4-11-24(26)30-28(37)17-15-22-23-16-18-29-31(33(23)39-32(22)30)25-12-5-7-14-27(25)38(29)34-35-19-8-20-36-34/h1-20H. The minimum atomic E-state index is 0.646. The van der Waals surface area contributed by atoms with Gasteiger partial charge in [0.2, 0.25) is 5.95 Å². The normalized spacial score (nSPS) is 12.1. The summed E-state index contributed by atoms with van der Waals surface area (Å²) in [6.45, 7) is 0.